The van der Waals surface area contributed by atoms with E-state index in [2.05, 4.69) is 0 Å². The van der Waals surface area contributed by atoms with Crippen LogP contribution in [0.2, 0.25) is 0 Å². The molecule has 1 unspecified atom stereocenters. The predicted molar refractivity (Wildman–Crippen MR) is 84.9 cm³/mol. The number of likely N-dealkylation sites (tertiary alicyclic amines) is 1. The van der Waals surface area contributed by atoms with Crippen molar-refractivity contribution in [1.82, 2.24) is 9.47 Å². The van der Waals surface area contributed by atoms with E-state index >= 15 is 0 Å². The Labute approximate surface area is 130 Å². The van der Waals surface area contributed by atoms with Crippen molar-refractivity contribution in [3.8, 4) is 5.69 Å². The first-order chi connectivity index (χ1) is 10.4. The van der Waals surface area contributed by atoms with E-state index in [0.29, 0.717) is 18.5 Å². The highest BCUT2D eigenvalue weighted by Crippen LogP contribution is 2.20. The van der Waals surface area contributed by atoms with E-state index in [1.165, 1.54) is 6.26 Å². The molecule has 22 heavy (non-hydrogen) atoms. The van der Waals surface area contributed by atoms with Gasteiger partial charge in [-0.2, -0.15) is 0 Å². The van der Waals surface area contributed by atoms with Gasteiger partial charge in [0.15, 0.2) is 9.84 Å². The Bertz CT molecular complexity index is 781. The Morgan fingerprint density at radius 1 is 1.18 bits per heavy atom. The Hall–Kier alpha value is -2.08. The molecule has 0 radical (unpaired) electrons. The quantitative estimate of drug-likeness (QED) is 0.866. The number of amides is 1. The lowest BCUT2D eigenvalue weighted by Gasteiger charge is -2.17. The van der Waals surface area contributed by atoms with Gasteiger partial charge in [-0.1, -0.05) is 6.07 Å². The van der Waals surface area contributed by atoms with E-state index in [1.54, 1.807) is 11.0 Å². The third kappa shape index (κ3) is 2.92. The first-order valence-electron chi connectivity index (χ1n) is 7.17. The number of carbonyl (C=O) groups excluding carboxylic acids is 1. The van der Waals surface area contributed by atoms with Crippen LogP contribution in [0.25, 0.3) is 5.69 Å². The van der Waals surface area contributed by atoms with E-state index in [0.717, 1.165) is 5.69 Å². The molecular formula is C16H18N2O3S. The van der Waals surface area contributed by atoms with Crippen LogP contribution in [0.5, 0.6) is 0 Å². The number of nitrogens with zero attached hydrogens (tertiary/aromatic N) is 2. The van der Waals surface area contributed by atoms with Gasteiger partial charge in [0.1, 0.15) is 0 Å². The molecule has 1 aromatic heterocycles. The van der Waals surface area contributed by atoms with Gasteiger partial charge in [0.05, 0.1) is 5.25 Å². The van der Waals surface area contributed by atoms with Crippen LogP contribution in [0.1, 0.15) is 16.8 Å². The summed E-state index contributed by atoms with van der Waals surface area (Å²) in [6.07, 6.45) is 5.58. The van der Waals surface area contributed by atoms with Gasteiger partial charge in [0.2, 0.25) is 0 Å². The molecule has 5 nitrogen and oxygen atoms in total. The van der Waals surface area contributed by atoms with Crippen LogP contribution in [0.15, 0.2) is 48.8 Å². The maximum absolute atomic E-state index is 12.6. The second-order valence-electron chi connectivity index (χ2n) is 5.63. The monoisotopic (exact) mass is 318 g/mol. The van der Waals surface area contributed by atoms with E-state index in [1.807, 2.05) is 47.3 Å². The molecule has 3 rings (SSSR count). The summed E-state index contributed by atoms with van der Waals surface area (Å²) in [5, 5.41) is -0.441. The minimum Gasteiger partial charge on any atom is -0.337 e. The maximum Gasteiger partial charge on any atom is 0.253 e. The number of sulfone groups is 1. The zero-order chi connectivity index (χ0) is 15.7. The SMILES string of the molecule is CS(=O)(=O)C1CCN(C(=O)c2cccc(-n3cccc3)c2)C1. The summed E-state index contributed by atoms with van der Waals surface area (Å²) in [5.41, 5.74) is 1.50. The fourth-order valence-electron chi connectivity index (χ4n) is 2.75. The standard InChI is InChI=1S/C16H18N2O3S/c1-22(20,21)15-7-10-18(12-15)16(19)13-5-4-6-14(11-13)17-8-2-3-9-17/h2-6,8-9,11,15H,7,10,12H2,1H3. The molecule has 116 valence electrons. The van der Waals surface area contributed by atoms with Gasteiger partial charge in [-0.25, -0.2) is 8.42 Å². The highest BCUT2D eigenvalue weighted by molar-refractivity contribution is 7.91. The zero-order valence-electron chi connectivity index (χ0n) is 12.3. The average Bonchev–Trinajstić information content (AvgIpc) is 3.17. The maximum atomic E-state index is 12.6. The molecule has 1 atom stereocenters. The van der Waals surface area contributed by atoms with Gasteiger partial charge in [0.25, 0.3) is 5.91 Å². The van der Waals surface area contributed by atoms with Crippen molar-refractivity contribution >= 4 is 15.7 Å². The Morgan fingerprint density at radius 2 is 1.91 bits per heavy atom. The average molecular weight is 318 g/mol. The molecule has 0 bridgehead atoms. The van der Waals surface area contributed by atoms with Gasteiger partial charge in [-0.15, -0.1) is 0 Å². The summed E-state index contributed by atoms with van der Waals surface area (Å²) in [4.78, 5) is 14.2. The zero-order valence-corrected chi connectivity index (χ0v) is 13.2. The number of benzene rings is 1. The highest BCUT2D eigenvalue weighted by atomic mass is 32.2. The lowest BCUT2D eigenvalue weighted by atomic mass is 10.1. The van der Waals surface area contributed by atoms with Gasteiger partial charge in [-0.05, 0) is 36.8 Å². The largest absolute Gasteiger partial charge is 0.337 e. The highest BCUT2D eigenvalue weighted by Gasteiger charge is 2.32. The minimum atomic E-state index is -3.09. The van der Waals surface area contributed by atoms with Crippen LogP contribution in [0.3, 0.4) is 0 Å². The first kappa shape index (κ1) is 14.8. The molecule has 1 saturated heterocycles. The molecule has 0 N–H and O–H groups in total. The fourth-order valence-corrected chi connectivity index (χ4v) is 3.74. The molecule has 0 saturated carbocycles. The summed E-state index contributed by atoms with van der Waals surface area (Å²) in [5.74, 6) is -0.111. The molecule has 2 heterocycles. The van der Waals surface area contributed by atoms with Crippen LogP contribution in [0.4, 0.5) is 0 Å². The second kappa shape index (κ2) is 5.61. The number of hydrogen-bond acceptors (Lipinski definition) is 3. The third-order valence-corrected chi connectivity index (χ3v) is 5.63. The van der Waals surface area contributed by atoms with Crippen LogP contribution in [-0.4, -0.2) is 48.4 Å². The van der Waals surface area contributed by atoms with Gasteiger partial charge in [0, 0.05) is 43.0 Å². The van der Waals surface area contributed by atoms with Crippen molar-refractivity contribution in [2.75, 3.05) is 19.3 Å². The van der Waals surface area contributed by atoms with Crippen molar-refractivity contribution in [3.63, 3.8) is 0 Å². The third-order valence-electron chi connectivity index (χ3n) is 4.03. The molecule has 1 amide bonds. The lowest BCUT2D eigenvalue weighted by molar-refractivity contribution is 0.0793. The molecular weight excluding hydrogens is 300 g/mol. The first-order valence-corrected chi connectivity index (χ1v) is 9.12. The molecule has 1 aliphatic rings. The van der Waals surface area contributed by atoms with Gasteiger partial charge >= 0.3 is 0 Å². The van der Waals surface area contributed by atoms with E-state index in [4.69, 9.17) is 0 Å². The molecule has 0 spiro atoms. The Balaban J connectivity index is 1.80. The van der Waals surface area contributed by atoms with Crippen LogP contribution >= 0.6 is 0 Å². The Kier molecular flexibility index (Phi) is 3.78. The van der Waals surface area contributed by atoms with E-state index < -0.39 is 15.1 Å². The predicted octanol–water partition coefficient (Wildman–Crippen LogP) is 1.74. The smallest absolute Gasteiger partial charge is 0.253 e. The fraction of sp³-hybridized carbons (Fsp3) is 0.312. The summed E-state index contributed by atoms with van der Waals surface area (Å²) in [7, 11) is -3.09. The van der Waals surface area contributed by atoms with Crippen molar-refractivity contribution in [2.45, 2.75) is 11.7 Å². The van der Waals surface area contributed by atoms with Crippen molar-refractivity contribution < 1.29 is 13.2 Å². The number of rotatable bonds is 3. The summed E-state index contributed by atoms with van der Waals surface area (Å²) >= 11 is 0. The summed E-state index contributed by atoms with van der Waals surface area (Å²) < 4.78 is 25.1. The van der Waals surface area contributed by atoms with Gasteiger partial charge < -0.3 is 9.47 Å². The van der Waals surface area contributed by atoms with Gasteiger partial charge in [-0.3, -0.25) is 4.79 Å². The van der Waals surface area contributed by atoms with Crippen molar-refractivity contribution in [3.05, 3.63) is 54.4 Å². The topological polar surface area (TPSA) is 59.4 Å². The van der Waals surface area contributed by atoms with E-state index in [9.17, 15) is 13.2 Å². The number of carbonyl (C=O) groups is 1. The number of hydrogen-bond donors (Lipinski definition) is 0. The second-order valence-corrected chi connectivity index (χ2v) is 7.96. The molecule has 1 aliphatic heterocycles. The van der Waals surface area contributed by atoms with Crippen molar-refractivity contribution in [2.24, 2.45) is 0 Å². The van der Waals surface area contributed by atoms with Crippen LogP contribution < -0.4 is 0 Å². The molecule has 6 heteroatoms. The minimum absolute atomic E-state index is 0.111. The molecule has 2 aromatic rings. The Morgan fingerprint density at radius 3 is 2.55 bits per heavy atom. The molecule has 1 aromatic carbocycles. The lowest BCUT2D eigenvalue weighted by Crippen LogP contribution is -2.31. The van der Waals surface area contributed by atoms with Crippen LogP contribution in [-0.2, 0) is 9.84 Å². The molecule has 0 aliphatic carbocycles. The van der Waals surface area contributed by atoms with E-state index in [-0.39, 0.29) is 12.5 Å². The van der Waals surface area contributed by atoms with Crippen molar-refractivity contribution in [1.29, 1.82) is 0 Å². The number of aromatic nitrogens is 1. The summed E-state index contributed by atoms with van der Waals surface area (Å²) in [6.45, 7) is 0.774. The molecule has 1 fully saturated rings. The van der Waals surface area contributed by atoms with Crippen LogP contribution in [0, 0.1) is 0 Å². The summed E-state index contributed by atoms with van der Waals surface area (Å²) in [6, 6.07) is 11.2. The normalized spacial score (nSPS) is 18.6.